The van der Waals surface area contributed by atoms with E-state index in [2.05, 4.69) is 17.6 Å². The van der Waals surface area contributed by atoms with Crippen LogP contribution in [0.2, 0.25) is 4.34 Å². The summed E-state index contributed by atoms with van der Waals surface area (Å²) in [7, 11) is 0. The molecule has 0 aliphatic rings. The van der Waals surface area contributed by atoms with Crippen LogP contribution in [-0.4, -0.2) is 12.5 Å². The van der Waals surface area contributed by atoms with Crippen LogP contribution in [0.4, 0.5) is 5.69 Å². The fraction of sp³-hybridized carbons (Fsp3) is 0.267. The maximum absolute atomic E-state index is 12.2. The zero-order valence-electron chi connectivity index (χ0n) is 11.3. The molecule has 0 saturated heterocycles. The Kier molecular flexibility index (Phi) is 5.44. The van der Waals surface area contributed by atoms with Gasteiger partial charge in [-0.3, -0.25) is 4.79 Å². The summed E-state index contributed by atoms with van der Waals surface area (Å²) in [6.45, 7) is 3.44. The third-order valence-corrected chi connectivity index (χ3v) is 4.02. The highest BCUT2D eigenvalue weighted by Gasteiger charge is 2.10. The number of thiophene rings is 1. The Morgan fingerprint density at radius 3 is 2.75 bits per heavy atom. The van der Waals surface area contributed by atoms with Gasteiger partial charge in [-0.25, -0.2) is 0 Å². The molecule has 5 heteroatoms. The molecule has 1 amide bonds. The number of anilines is 1. The lowest BCUT2D eigenvalue weighted by Crippen LogP contribution is -2.23. The molecule has 0 spiro atoms. The minimum atomic E-state index is -0.0753. The van der Waals surface area contributed by atoms with Crippen molar-refractivity contribution in [3.05, 3.63) is 51.2 Å². The van der Waals surface area contributed by atoms with E-state index < -0.39 is 0 Å². The average Bonchev–Trinajstić information content (AvgIpc) is 2.88. The van der Waals surface area contributed by atoms with Gasteiger partial charge < -0.3 is 10.6 Å². The molecule has 0 atom stereocenters. The lowest BCUT2D eigenvalue weighted by Gasteiger charge is -2.11. The van der Waals surface area contributed by atoms with Crippen molar-refractivity contribution in [3.8, 4) is 0 Å². The van der Waals surface area contributed by atoms with Gasteiger partial charge in [0.05, 0.1) is 16.4 Å². The topological polar surface area (TPSA) is 41.1 Å². The molecule has 0 aliphatic heterocycles. The van der Waals surface area contributed by atoms with Crippen molar-refractivity contribution < 1.29 is 4.79 Å². The SMILES string of the molecule is CCCNc1ccccc1C(=O)NCc1ccc(Cl)s1. The van der Waals surface area contributed by atoms with Gasteiger partial charge in [0.25, 0.3) is 5.91 Å². The first-order valence-electron chi connectivity index (χ1n) is 6.56. The van der Waals surface area contributed by atoms with Crippen LogP contribution >= 0.6 is 22.9 Å². The summed E-state index contributed by atoms with van der Waals surface area (Å²) in [6.07, 6.45) is 1.02. The maximum atomic E-state index is 12.2. The number of hydrogen-bond acceptors (Lipinski definition) is 3. The summed E-state index contributed by atoms with van der Waals surface area (Å²) < 4.78 is 0.735. The number of rotatable bonds is 6. The highest BCUT2D eigenvalue weighted by atomic mass is 35.5. The largest absolute Gasteiger partial charge is 0.384 e. The summed E-state index contributed by atoms with van der Waals surface area (Å²) in [5.41, 5.74) is 1.54. The van der Waals surface area contributed by atoms with E-state index in [1.54, 1.807) is 0 Å². The number of carbonyl (C=O) groups excluding carboxylic acids is 1. The van der Waals surface area contributed by atoms with Crippen molar-refractivity contribution >= 4 is 34.5 Å². The van der Waals surface area contributed by atoms with Gasteiger partial charge in [-0.2, -0.15) is 0 Å². The summed E-state index contributed by atoms with van der Waals surface area (Å²) in [4.78, 5) is 13.3. The molecule has 2 aromatic rings. The monoisotopic (exact) mass is 308 g/mol. The number of para-hydroxylation sites is 1. The van der Waals surface area contributed by atoms with Crippen LogP contribution in [0.3, 0.4) is 0 Å². The maximum Gasteiger partial charge on any atom is 0.253 e. The zero-order chi connectivity index (χ0) is 14.4. The van der Waals surface area contributed by atoms with E-state index in [0.29, 0.717) is 12.1 Å². The lowest BCUT2D eigenvalue weighted by atomic mass is 10.1. The molecule has 106 valence electrons. The number of benzene rings is 1. The first kappa shape index (κ1) is 14.9. The molecule has 20 heavy (non-hydrogen) atoms. The van der Waals surface area contributed by atoms with Crippen molar-refractivity contribution in [2.45, 2.75) is 19.9 Å². The third kappa shape index (κ3) is 3.99. The summed E-state index contributed by atoms with van der Waals surface area (Å²) in [5, 5.41) is 6.19. The van der Waals surface area contributed by atoms with Crippen LogP contribution in [0, 0.1) is 0 Å². The zero-order valence-corrected chi connectivity index (χ0v) is 12.9. The van der Waals surface area contributed by atoms with Crippen LogP contribution in [-0.2, 0) is 6.54 Å². The fourth-order valence-corrected chi connectivity index (χ4v) is 2.83. The van der Waals surface area contributed by atoms with E-state index in [9.17, 15) is 4.79 Å². The highest BCUT2D eigenvalue weighted by Crippen LogP contribution is 2.21. The Balaban J connectivity index is 2.01. The van der Waals surface area contributed by atoms with E-state index in [1.807, 2.05) is 36.4 Å². The van der Waals surface area contributed by atoms with Crippen molar-refractivity contribution in [2.75, 3.05) is 11.9 Å². The molecular weight excluding hydrogens is 292 g/mol. The Bertz CT molecular complexity index is 583. The minimum absolute atomic E-state index is 0.0753. The highest BCUT2D eigenvalue weighted by molar-refractivity contribution is 7.16. The van der Waals surface area contributed by atoms with Crippen molar-refractivity contribution in [2.24, 2.45) is 0 Å². The van der Waals surface area contributed by atoms with Crippen LogP contribution in [0.5, 0.6) is 0 Å². The van der Waals surface area contributed by atoms with E-state index in [-0.39, 0.29) is 5.91 Å². The molecule has 0 fully saturated rings. The molecule has 2 rings (SSSR count). The van der Waals surface area contributed by atoms with Crippen LogP contribution in [0.25, 0.3) is 0 Å². The van der Waals surface area contributed by atoms with E-state index in [4.69, 9.17) is 11.6 Å². The first-order valence-corrected chi connectivity index (χ1v) is 7.75. The smallest absolute Gasteiger partial charge is 0.253 e. The number of carbonyl (C=O) groups is 1. The molecule has 3 nitrogen and oxygen atoms in total. The molecular formula is C15H17ClN2OS. The predicted molar refractivity (Wildman–Crippen MR) is 85.7 cm³/mol. The molecule has 1 heterocycles. The molecule has 0 bridgehead atoms. The quantitative estimate of drug-likeness (QED) is 0.841. The summed E-state index contributed by atoms with van der Waals surface area (Å²) in [5.74, 6) is -0.0753. The van der Waals surface area contributed by atoms with Crippen molar-refractivity contribution in [1.29, 1.82) is 0 Å². The molecule has 0 aliphatic carbocycles. The van der Waals surface area contributed by atoms with E-state index in [1.165, 1.54) is 11.3 Å². The second-order valence-electron chi connectivity index (χ2n) is 4.36. The van der Waals surface area contributed by atoms with Crippen LogP contribution in [0.1, 0.15) is 28.6 Å². The van der Waals surface area contributed by atoms with Gasteiger partial charge in [-0.05, 0) is 30.7 Å². The molecule has 0 radical (unpaired) electrons. The third-order valence-electron chi connectivity index (χ3n) is 2.79. The van der Waals surface area contributed by atoms with E-state index in [0.717, 1.165) is 27.9 Å². The van der Waals surface area contributed by atoms with Crippen molar-refractivity contribution in [1.82, 2.24) is 5.32 Å². The van der Waals surface area contributed by atoms with Crippen molar-refractivity contribution in [3.63, 3.8) is 0 Å². The minimum Gasteiger partial charge on any atom is -0.384 e. The number of hydrogen-bond donors (Lipinski definition) is 2. The normalized spacial score (nSPS) is 10.3. The van der Waals surface area contributed by atoms with Gasteiger partial charge in [0.2, 0.25) is 0 Å². The van der Waals surface area contributed by atoms with Gasteiger partial charge in [0, 0.05) is 17.1 Å². The van der Waals surface area contributed by atoms with Gasteiger partial charge in [0.1, 0.15) is 0 Å². The second kappa shape index (κ2) is 7.31. The van der Waals surface area contributed by atoms with Gasteiger partial charge in [-0.15, -0.1) is 11.3 Å². The second-order valence-corrected chi connectivity index (χ2v) is 6.16. The molecule has 1 aromatic carbocycles. The Morgan fingerprint density at radius 1 is 1.25 bits per heavy atom. The summed E-state index contributed by atoms with van der Waals surface area (Å²) in [6, 6.07) is 11.3. The van der Waals surface area contributed by atoms with Gasteiger partial charge in [0.15, 0.2) is 0 Å². The van der Waals surface area contributed by atoms with Gasteiger partial charge >= 0.3 is 0 Å². The lowest BCUT2D eigenvalue weighted by molar-refractivity contribution is 0.0952. The number of amides is 1. The first-order chi connectivity index (χ1) is 9.70. The van der Waals surface area contributed by atoms with E-state index >= 15 is 0 Å². The Morgan fingerprint density at radius 2 is 2.05 bits per heavy atom. The number of nitrogens with one attached hydrogen (secondary N) is 2. The Hall–Kier alpha value is -1.52. The van der Waals surface area contributed by atoms with Gasteiger partial charge in [-0.1, -0.05) is 30.7 Å². The predicted octanol–water partition coefficient (Wildman–Crippen LogP) is 4.15. The molecule has 0 unspecified atom stereocenters. The number of halogens is 1. The van der Waals surface area contributed by atoms with Crippen LogP contribution < -0.4 is 10.6 Å². The molecule has 0 saturated carbocycles. The van der Waals surface area contributed by atoms with Crippen LogP contribution in [0.15, 0.2) is 36.4 Å². The average molecular weight is 309 g/mol. The summed E-state index contributed by atoms with van der Waals surface area (Å²) >= 11 is 7.35. The Labute approximate surface area is 128 Å². The fourth-order valence-electron chi connectivity index (χ4n) is 1.80. The molecule has 2 N–H and O–H groups in total. The standard InChI is InChI=1S/C15H17ClN2OS/c1-2-9-17-13-6-4-3-5-12(13)15(19)18-10-11-7-8-14(16)20-11/h3-8,17H,2,9-10H2,1H3,(H,18,19). The molecule has 1 aromatic heterocycles.